The van der Waals surface area contributed by atoms with Gasteiger partial charge in [-0.3, -0.25) is 10.2 Å². The maximum atomic E-state index is 10.1. The number of hydrogen-bond donors (Lipinski definition) is 5. The van der Waals surface area contributed by atoms with Gasteiger partial charge in [0.05, 0.1) is 25.4 Å². The molecule has 0 aromatic carbocycles. The average molecular weight is 428 g/mol. The highest BCUT2D eigenvalue weighted by atomic mass is 16.5. The molecule has 7 atom stereocenters. The smallest absolute Gasteiger partial charge is 0.111 e. The third-order valence-corrected chi connectivity index (χ3v) is 7.97. The normalized spacial score (nSPS) is 41.2. The molecule has 1 aliphatic carbocycles. The molecule has 0 spiro atoms. The molecule has 5 N–H and O–H groups in total. The van der Waals surface area contributed by atoms with E-state index in [4.69, 9.17) is 4.74 Å². The molecule has 0 amide bonds. The Bertz CT molecular complexity index is 819. The molecule has 4 aliphatic heterocycles. The van der Waals surface area contributed by atoms with Gasteiger partial charge < -0.3 is 20.6 Å². The Morgan fingerprint density at radius 2 is 2.06 bits per heavy atom. The first-order valence-electron chi connectivity index (χ1n) is 11.8. The van der Waals surface area contributed by atoms with Crippen LogP contribution in [0.4, 0.5) is 0 Å². The number of hydrogen-bond acceptors (Lipinski definition) is 7. The molecule has 0 aromatic heterocycles. The lowest BCUT2D eigenvalue weighted by molar-refractivity contribution is -0.0575. The van der Waals surface area contributed by atoms with Gasteiger partial charge in [0.25, 0.3) is 0 Å². The fourth-order valence-electron chi connectivity index (χ4n) is 6.46. The topological polar surface area (TPSA) is 80.8 Å². The van der Waals surface area contributed by atoms with Crippen LogP contribution in [0.5, 0.6) is 0 Å². The molecule has 6 unspecified atom stereocenters. The Morgan fingerprint density at radius 1 is 1.19 bits per heavy atom. The molecule has 0 saturated carbocycles. The number of hydrazine groups is 1. The van der Waals surface area contributed by atoms with Crippen LogP contribution in [-0.2, 0) is 4.74 Å². The van der Waals surface area contributed by atoms with Gasteiger partial charge in [0.15, 0.2) is 0 Å². The van der Waals surface area contributed by atoms with Gasteiger partial charge in [-0.2, -0.15) is 0 Å². The van der Waals surface area contributed by atoms with E-state index in [1.807, 2.05) is 12.2 Å². The SMILES string of the molecule is CC1=CC(O)=CCC1C1CC(N2CCOC[C@H]2C)NC2C(C3=CCNN3)NC=C(C)C12. The molecule has 0 bridgehead atoms. The second-order valence-corrected chi connectivity index (χ2v) is 9.85. The quantitative estimate of drug-likeness (QED) is 0.471. The molecule has 2 saturated heterocycles. The van der Waals surface area contributed by atoms with E-state index in [9.17, 15) is 5.11 Å². The zero-order chi connectivity index (χ0) is 21.5. The van der Waals surface area contributed by atoms with Crippen molar-refractivity contribution in [2.75, 3.05) is 26.3 Å². The first-order valence-corrected chi connectivity index (χ1v) is 11.8. The van der Waals surface area contributed by atoms with E-state index in [1.165, 1.54) is 16.8 Å². The molecule has 7 nitrogen and oxygen atoms in total. The second-order valence-electron chi connectivity index (χ2n) is 9.85. The van der Waals surface area contributed by atoms with E-state index in [2.05, 4.69) is 59.4 Å². The number of fused-ring (bicyclic) bond motifs is 1. The Morgan fingerprint density at radius 3 is 2.81 bits per heavy atom. The number of nitrogens with zero attached hydrogens (tertiary/aromatic N) is 1. The molecule has 170 valence electrons. The van der Waals surface area contributed by atoms with Crippen LogP contribution in [0.1, 0.15) is 33.6 Å². The minimum absolute atomic E-state index is 0.210. The van der Waals surface area contributed by atoms with Gasteiger partial charge >= 0.3 is 0 Å². The number of aliphatic hydroxyl groups excluding tert-OH is 1. The Hall–Kier alpha value is -1.80. The van der Waals surface area contributed by atoms with E-state index in [0.29, 0.717) is 41.8 Å². The van der Waals surface area contributed by atoms with Crippen LogP contribution in [-0.4, -0.2) is 60.6 Å². The molecule has 7 heteroatoms. The lowest BCUT2D eigenvalue weighted by Crippen LogP contribution is -2.68. The summed E-state index contributed by atoms with van der Waals surface area (Å²) >= 11 is 0. The number of piperidine rings is 1. The third kappa shape index (κ3) is 3.93. The van der Waals surface area contributed by atoms with Gasteiger partial charge in [0.2, 0.25) is 0 Å². The Kier molecular flexibility index (Phi) is 5.86. The summed E-state index contributed by atoms with van der Waals surface area (Å²) in [5, 5.41) is 17.8. The number of nitrogens with one attached hydrogen (secondary N) is 4. The van der Waals surface area contributed by atoms with Crippen LogP contribution in [0.25, 0.3) is 0 Å². The van der Waals surface area contributed by atoms with E-state index >= 15 is 0 Å². The van der Waals surface area contributed by atoms with Crippen molar-refractivity contribution in [2.24, 2.45) is 17.8 Å². The number of aliphatic hydroxyl groups is 1. The maximum absolute atomic E-state index is 10.1. The van der Waals surface area contributed by atoms with Crippen molar-refractivity contribution in [3.8, 4) is 0 Å². The lowest BCUT2D eigenvalue weighted by Gasteiger charge is -2.54. The second kappa shape index (κ2) is 8.62. The van der Waals surface area contributed by atoms with Crippen molar-refractivity contribution >= 4 is 0 Å². The molecule has 4 heterocycles. The lowest BCUT2D eigenvalue weighted by atomic mass is 9.64. The third-order valence-electron chi connectivity index (χ3n) is 7.97. The van der Waals surface area contributed by atoms with E-state index in [1.54, 1.807) is 0 Å². The molecule has 5 aliphatic rings. The van der Waals surface area contributed by atoms with Crippen molar-refractivity contribution < 1.29 is 9.84 Å². The predicted octanol–water partition coefficient (Wildman–Crippen LogP) is 1.90. The van der Waals surface area contributed by atoms with Crippen molar-refractivity contribution in [3.63, 3.8) is 0 Å². The van der Waals surface area contributed by atoms with E-state index in [0.717, 1.165) is 39.1 Å². The maximum Gasteiger partial charge on any atom is 0.111 e. The highest BCUT2D eigenvalue weighted by Gasteiger charge is 2.49. The zero-order valence-corrected chi connectivity index (χ0v) is 18.9. The van der Waals surface area contributed by atoms with Crippen LogP contribution < -0.4 is 21.5 Å². The number of morpholine rings is 1. The first kappa shape index (κ1) is 21.1. The summed E-state index contributed by atoms with van der Waals surface area (Å²) in [5.74, 6) is 1.83. The molecular formula is C24H37N5O2. The largest absolute Gasteiger partial charge is 0.508 e. The van der Waals surface area contributed by atoms with Gasteiger partial charge in [-0.25, -0.2) is 5.43 Å². The summed E-state index contributed by atoms with van der Waals surface area (Å²) < 4.78 is 5.74. The van der Waals surface area contributed by atoms with Gasteiger partial charge in [-0.05, 0) is 69.9 Å². The standard InChI is InChI=1S/C24H37N5O2/c1-14-10-17(30)4-5-18(14)19-11-21(29-8-9-31-13-16(29)3)27-24-22(19)15(2)12-25-23(24)20-6-7-26-28-20/h4,6,10,12,16,18-19,21-28,30H,5,7-9,11,13H2,1-3H3/t16-,18?,19?,21?,22?,23?,24?/m1/s1. The summed E-state index contributed by atoms with van der Waals surface area (Å²) in [7, 11) is 0. The molecule has 0 aromatic rings. The minimum Gasteiger partial charge on any atom is -0.508 e. The summed E-state index contributed by atoms with van der Waals surface area (Å²) in [5.41, 5.74) is 10.6. The van der Waals surface area contributed by atoms with Crippen LogP contribution in [0.15, 0.2) is 47.0 Å². The zero-order valence-electron chi connectivity index (χ0n) is 18.9. The van der Waals surface area contributed by atoms with Crippen LogP contribution >= 0.6 is 0 Å². The molecule has 5 rings (SSSR count). The summed E-state index contributed by atoms with van der Waals surface area (Å²) in [6, 6.07) is 0.921. The molecular weight excluding hydrogens is 390 g/mol. The fourth-order valence-corrected chi connectivity index (χ4v) is 6.46. The van der Waals surface area contributed by atoms with Crippen molar-refractivity contribution in [2.45, 2.75) is 57.9 Å². The number of rotatable bonds is 3. The molecule has 0 radical (unpaired) electrons. The van der Waals surface area contributed by atoms with Crippen molar-refractivity contribution in [1.82, 2.24) is 26.4 Å². The monoisotopic (exact) mass is 427 g/mol. The van der Waals surface area contributed by atoms with E-state index < -0.39 is 0 Å². The first-order chi connectivity index (χ1) is 15.0. The summed E-state index contributed by atoms with van der Waals surface area (Å²) in [4.78, 5) is 2.61. The van der Waals surface area contributed by atoms with Crippen LogP contribution in [0.3, 0.4) is 0 Å². The Balaban J connectivity index is 1.50. The van der Waals surface area contributed by atoms with Gasteiger partial charge in [0, 0.05) is 36.8 Å². The highest BCUT2D eigenvalue weighted by molar-refractivity contribution is 5.30. The van der Waals surface area contributed by atoms with Gasteiger partial charge in [0.1, 0.15) is 5.76 Å². The van der Waals surface area contributed by atoms with Crippen molar-refractivity contribution in [3.05, 3.63) is 47.0 Å². The average Bonchev–Trinajstić information content (AvgIpc) is 3.28. The van der Waals surface area contributed by atoms with Crippen molar-refractivity contribution in [1.29, 1.82) is 0 Å². The van der Waals surface area contributed by atoms with Gasteiger partial charge in [-0.1, -0.05) is 11.1 Å². The number of ether oxygens (including phenoxy) is 1. The number of allylic oxidation sites excluding steroid dienone is 3. The minimum atomic E-state index is 0.210. The van der Waals surface area contributed by atoms with Crippen LogP contribution in [0, 0.1) is 17.8 Å². The van der Waals surface area contributed by atoms with E-state index in [-0.39, 0.29) is 6.04 Å². The predicted molar refractivity (Wildman–Crippen MR) is 122 cm³/mol. The summed E-state index contributed by atoms with van der Waals surface area (Å²) in [6.45, 7) is 10.2. The molecule has 31 heavy (non-hydrogen) atoms. The van der Waals surface area contributed by atoms with Crippen LogP contribution in [0.2, 0.25) is 0 Å². The highest BCUT2D eigenvalue weighted by Crippen LogP contribution is 2.45. The Labute approximate surface area is 185 Å². The fraction of sp³-hybridized carbons (Fsp3) is 0.667. The summed E-state index contributed by atoms with van der Waals surface area (Å²) in [6.07, 6.45) is 10.8. The molecule has 2 fully saturated rings. The van der Waals surface area contributed by atoms with Gasteiger partial charge in [-0.15, -0.1) is 0 Å².